The average molecular weight is 480 g/mol. The average Bonchev–Trinajstić information content (AvgIpc) is 3.40. The maximum atomic E-state index is 8.60. The highest BCUT2D eigenvalue weighted by atomic mass is 15.1. The number of nitrogens with zero attached hydrogens (tertiary/aromatic N) is 2. The van der Waals surface area contributed by atoms with Crippen molar-refractivity contribution < 1.29 is 6.85 Å². The summed E-state index contributed by atoms with van der Waals surface area (Å²) in [6.07, 6.45) is -2.67. The maximum Gasteiger partial charge on any atom is 0.114 e. The van der Waals surface area contributed by atoms with Gasteiger partial charge in [-0.2, -0.15) is 0 Å². The molecule has 0 aliphatic heterocycles. The van der Waals surface area contributed by atoms with E-state index in [9.17, 15) is 0 Å². The number of hydrogen-bond donors (Lipinski definition) is 0. The molecule has 1 heterocycles. The number of fused-ring (bicyclic) bond motifs is 3. The molecule has 0 atom stereocenters. The van der Waals surface area contributed by atoms with Crippen LogP contribution in [0.15, 0.2) is 127 Å². The van der Waals surface area contributed by atoms with Crippen LogP contribution in [0.4, 0.5) is 0 Å². The predicted octanol–water partition coefficient (Wildman–Crippen LogP) is 9.23. The lowest BCUT2D eigenvalue weighted by molar-refractivity contribution is 0.908. The molecule has 176 valence electrons. The van der Waals surface area contributed by atoms with Crippen molar-refractivity contribution in [2.45, 2.75) is 13.2 Å². The Balaban J connectivity index is 1.54. The van der Waals surface area contributed by atoms with Crippen LogP contribution in [-0.4, -0.2) is 9.55 Å². The second kappa shape index (κ2) is 8.76. The van der Waals surface area contributed by atoms with Crippen LogP contribution in [0, 0.1) is 0 Å². The molecule has 37 heavy (non-hydrogen) atoms. The summed E-state index contributed by atoms with van der Waals surface area (Å²) >= 11 is 0. The van der Waals surface area contributed by atoms with Crippen molar-refractivity contribution in [3.05, 3.63) is 133 Å². The van der Waals surface area contributed by atoms with Gasteiger partial charge < -0.3 is 0 Å². The van der Waals surface area contributed by atoms with E-state index in [-0.39, 0.29) is 5.82 Å². The Hall–Kier alpha value is -4.69. The molecule has 0 amide bonds. The normalized spacial score (nSPS) is 14.2. The van der Waals surface area contributed by atoms with E-state index in [2.05, 4.69) is 71.7 Å². The quantitative estimate of drug-likeness (QED) is 0.230. The fraction of sp³-hybridized carbons (Fsp3) is 0.0571. The fourth-order valence-corrected chi connectivity index (χ4v) is 5.53. The molecule has 0 bridgehead atoms. The Morgan fingerprint density at radius 2 is 1.19 bits per heavy atom. The Morgan fingerprint density at radius 3 is 1.86 bits per heavy atom. The Morgan fingerprint density at radius 1 is 0.622 bits per heavy atom. The number of imidazole rings is 1. The van der Waals surface area contributed by atoms with Gasteiger partial charge in [-0.1, -0.05) is 110 Å². The number of benzene rings is 6. The summed E-state index contributed by atoms with van der Waals surface area (Å²) in [7, 11) is 0. The number of aromatic nitrogens is 2. The molecular formula is C35H26N2. The Bertz CT molecular complexity index is 2050. The summed E-state index contributed by atoms with van der Waals surface area (Å²) < 4.78 is 42.7. The van der Waals surface area contributed by atoms with E-state index in [1.54, 1.807) is 10.6 Å². The minimum absolute atomic E-state index is 0.144. The second-order valence-corrected chi connectivity index (χ2v) is 9.14. The molecule has 2 nitrogen and oxygen atoms in total. The molecule has 6 aromatic carbocycles. The highest BCUT2D eigenvalue weighted by molar-refractivity contribution is 6.21. The van der Waals surface area contributed by atoms with Gasteiger partial charge >= 0.3 is 0 Å². The summed E-state index contributed by atoms with van der Waals surface area (Å²) in [5.41, 5.74) is 6.15. The Kier molecular flexibility index (Phi) is 4.00. The van der Waals surface area contributed by atoms with Gasteiger partial charge in [-0.15, -0.1) is 0 Å². The van der Waals surface area contributed by atoms with Gasteiger partial charge in [0.2, 0.25) is 0 Å². The van der Waals surface area contributed by atoms with E-state index in [1.165, 1.54) is 5.56 Å². The minimum Gasteiger partial charge on any atom is -0.296 e. The molecule has 0 spiro atoms. The maximum absolute atomic E-state index is 8.60. The van der Waals surface area contributed by atoms with Crippen LogP contribution in [0.2, 0.25) is 0 Å². The zero-order valence-corrected chi connectivity index (χ0v) is 20.0. The summed E-state index contributed by atoms with van der Waals surface area (Å²) in [5.74, 6) is -0.144. The Labute approximate surface area is 223 Å². The van der Waals surface area contributed by atoms with E-state index in [0.717, 1.165) is 38.2 Å². The van der Waals surface area contributed by atoms with Crippen LogP contribution < -0.4 is 0 Å². The zero-order chi connectivity index (χ0) is 29.1. The van der Waals surface area contributed by atoms with E-state index < -0.39 is 13.2 Å². The van der Waals surface area contributed by atoms with Crippen molar-refractivity contribution in [2.75, 3.05) is 0 Å². The predicted molar refractivity (Wildman–Crippen MR) is 156 cm³/mol. The molecule has 0 aliphatic carbocycles. The molecule has 1 aromatic heterocycles. The number of para-hydroxylation sites is 2. The number of hydrogen-bond acceptors (Lipinski definition) is 1. The van der Waals surface area contributed by atoms with Gasteiger partial charge in [0.25, 0.3) is 0 Å². The fourth-order valence-electron chi connectivity index (χ4n) is 5.53. The molecule has 2 heteroatoms. The first kappa shape index (κ1) is 16.9. The third kappa shape index (κ3) is 3.45. The van der Waals surface area contributed by atoms with Crippen LogP contribution in [0.1, 0.15) is 19.5 Å². The highest BCUT2D eigenvalue weighted by Crippen LogP contribution is 2.43. The van der Waals surface area contributed by atoms with Gasteiger partial charge in [-0.25, -0.2) is 4.98 Å². The van der Waals surface area contributed by atoms with Gasteiger partial charge in [0.1, 0.15) is 5.82 Å². The summed E-state index contributed by atoms with van der Waals surface area (Å²) in [5, 5.41) is 4.46. The first-order valence-electron chi connectivity index (χ1n) is 14.8. The number of rotatable bonds is 4. The van der Waals surface area contributed by atoms with Gasteiger partial charge in [0, 0.05) is 18.9 Å². The molecule has 7 aromatic rings. The van der Waals surface area contributed by atoms with E-state index in [0.29, 0.717) is 16.7 Å². The summed E-state index contributed by atoms with van der Waals surface area (Å²) in [6, 6.07) is 42.4. The molecule has 0 N–H and O–H groups in total. The van der Waals surface area contributed by atoms with Crippen molar-refractivity contribution in [2.24, 2.45) is 0 Å². The largest absolute Gasteiger partial charge is 0.296 e. The van der Waals surface area contributed by atoms with Crippen molar-refractivity contribution in [1.82, 2.24) is 9.55 Å². The van der Waals surface area contributed by atoms with Crippen molar-refractivity contribution in [3.8, 4) is 27.9 Å². The van der Waals surface area contributed by atoms with Crippen molar-refractivity contribution >= 4 is 32.6 Å². The highest BCUT2D eigenvalue weighted by Gasteiger charge is 2.17. The second-order valence-electron chi connectivity index (χ2n) is 9.14. The lowest BCUT2D eigenvalue weighted by Gasteiger charge is -2.18. The van der Waals surface area contributed by atoms with Crippen molar-refractivity contribution in [3.63, 3.8) is 0 Å². The van der Waals surface area contributed by atoms with Crippen molar-refractivity contribution in [1.29, 1.82) is 0 Å². The third-order valence-corrected chi connectivity index (χ3v) is 7.06. The third-order valence-electron chi connectivity index (χ3n) is 7.06. The minimum atomic E-state index is -2.90. The van der Waals surface area contributed by atoms with Crippen LogP contribution in [0.3, 0.4) is 0 Å². The lowest BCUT2D eigenvalue weighted by Crippen LogP contribution is -2.00. The SMILES string of the molecule is [2H]C([2H])([2H])C([2H])([2H])c1nc2ccccc2n1-c1cccc(-c2c3ccccc3c(-c3ccccc3)c3ccccc23)c1. The molecule has 0 saturated carbocycles. The summed E-state index contributed by atoms with van der Waals surface area (Å²) in [4.78, 5) is 4.50. The first-order valence-corrected chi connectivity index (χ1v) is 12.3. The van der Waals surface area contributed by atoms with Gasteiger partial charge in [-0.05, 0) is 68.1 Å². The molecule has 0 aliphatic rings. The molecule has 0 unspecified atom stereocenters. The molecule has 0 saturated heterocycles. The van der Waals surface area contributed by atoms with Crippen LogP contribution in [-0.2, 0) is 6.37 Å². The first-order chi connectivity index (χ1) is 20.3. The van der Waals surface area contributed by atoms with Gasteiger partial charge in [0.05, 0.1) is 11.0 Å². The van der Waals surface area contributed by atoms with E-state index in [1.807, 2.05) is 54.6 Å². The van der Waals surface area contributed by atoms with Gasteiger partial charge in [0.15, 0.2) is 0 Å². The van der Waals surface area contributed by atoms with E-state index in [4.69, 9.17) is 6.85 Å². The zero-order valence-electron chi connectivity index (χ0n) is 25.0. The molecule has 0 radical (unpaired) electrons. The number of aryl methyl sites for hydroxylation is 1. The van der Waals surface area contributed by atoms with Gasteiger partial charge in [-0.3, -0.25) is 4.57 Å². The summed E-state index contributed by atoms with van der Waals surface area (Å²) in [6.45, 7) is -2.90. The monoisotopic (exact) mass is 479 g/mol. The van der Waals surface area contributed by atoms with E-state index >= 15 is 0 Å². The van der Waals surface area contributed by atoms with Crippen LogP contribution >= 0.6 is 0 Å². The molecule has 7 rings (SSSR count). The van der Waals surface area contributed by atoms with Crippen LogP contribution in [0.25, 0.3) is 60.5 Å². The molecule has 0 fully saturated rings. The molecular weight excluding hydrogens is 448 g/mol. The standard InChI is InChI=1S/C35H26N2/c1-2-33-36-31-21-10-11-22-32(31)37(33)26-16-12-15-25(23-26)35-29-19-8-6-17-27(29)34(24-13-4-3-5-14-24)28-18-7-9-20-30(28)35/h3-23H,2H2,1H3/i1D3,2D2. The van der Waals surface area contributed by atoms with Crippen LogP contribution in [0.5, 0.6) is 0 Å². The lowest BCUT2D eigenvalue weighted by atomic mass is 9.86. The smallest absolute Gasteiger partial charge is 0.114 e. The topological polar surface area (TPSA) is 17.8 Å².